The third kappa shape index (κ3) is 3.08. The van der Waals surface area contributed by atoms with E-state index in [1.165, 1.54) is 31.0 Å². The number of likely N-dealkylation sites (tertiary alicyclic amines) is 1. The molecule has 0 aliphatic carbocycles. The monoisotopic (exact) mass is 348 g/mol. The molecule has 4 nitrogen and oxygen atoms in total. The molecule has 7 heteroatoms. The van der Waals surface area contributed by atoms with Gasteiger partial charge >= 0.3 is 0 Å². The van der Waals surface area contributed by atoms with Gasteiger partial charge < -0.3 is 0 Å². The van der Waals surface area contributed by atoms with Crippen molar-refractivity contribution >= 4 is 33.2 Å². The highest BCUT2D eigenvalue weighted by molar-refractivity contribution is 7.89. The Labute approximate surface area is 135 Å². The average Bonchev–Trinajstić information content (AvgIpc) is 3.11. The maximum atomic E-state index is 12.7. The standard InChI is InChI=1S/C14H18Cl2N2O2S/c15-13-4-3-12(9-14(13)16)21(19,20)18-8-5-11(10-18)17-6-1-2-7-17/h3-4,9,11H,1-2,5-8,10H2. The molecular weight excluding hydrogens is 331 g/mol. The molecule has 21 heavy (non-hydrogen) atoms. The maximum Gasteiger partial charge on any atom is 0.243 e. The van der Waals surface area contributed by atoms with E-state index >= 15 is 0 Å². The summed E-state index contributed by atoms with van der Waals surface area (Å²) in [6, 6.07) is 4.84. The van der Waals surface area contributed by atoms with Crippen LogP contribution < -0.4 is 0 Å². The highest BCUT2D eigenvalue weighted by Gasteiger charge is 2.36. The summed E-state index contributed by atoms with van der Waals surface area (Å²) >= 11 is 11.8. The second-order valence-corrected chi connectivity index (χ2v) is 8.38. The third-order valence-corrected chi connectivity index (χ3v) is 6.91. The molecule has 0 aromatic heterocycles. The molecule has 1 atom stereocenters. The lowest BCUT2D eigenvalue weighted by Gasteiger charge is -2.23. The number of benzene rings is 1. The highest BCUT2D eigenvalue weighted by Crippen LogP contribution is 2.29. The highest BCUT2D eigenvalue weighted by atomic mass is 35.5. The fourth-order valence-electron chi connectivity index (χ4n) is 3.12. The molecule has 2 aliphatic heterocycles. The number of sulfonamides is 1. The molecule has 2 saturated heterocycles. The van der Waals surface area contributed by atoms with Crippen molar-refractivity contribution in [1.82, 2.24) is 9.21 Å². The van der Waals surface area contributed by atoms with Crippen molar-refractivity contribution in [1.29, 1.82) is 0 Å². The van der Waals surface area contributed by atoms with E-state index in [0.717, 1.165) is 19.5 Å². The van der Waals surface area contributed by atoms with Gasteiger partial charge in [-0.2, -0.15) is 4.31 Å². The summed E-state index contributed by atoms with van der Waals surface area (Å²) in [4.78, 5) is 2.63. The van der Waals surface area contributed by atoms with Crippen LogP contribution in [0.2, 0.25) is 10.0 Å². The number of hydrogen-bond acceptors (Lipinski definition) is 3. The first-order valence-electron chi connectivity index (χ1n) is 7.18. The second kappa shape index (κ2) is 6.05. The normalized spacial score (nSPS) is 24.8. The Morgan fingerprint density at radius 2 is 1.76 bits per heavy atom. The number of hydrogen-bond donors (Lipinski definition) is 0. The van der Waals surface area contributed by atoms with Crippen LogP contribution in [0.4, 0.5) is 0 Å². The van der Waals surface area contributed by atoms with E-state index < -0.39 is 10.0 Å². The van der Waals surface area contributed by atoms with Crippen LogP contribution in [0.3, 0.4) is 0 Å². The largest absolute Gasteiger partial charge is 0.299 e. The summed E-state index contributed by atoms with van der Waals surface area (Å²) in [5.74, 6) is 0. The van der Waals surface area contributed by atoms with Crippen molar-refractivity contribution in [2.24, 2.45) is 0 Å². The topological polar surface area (TPSA) is 40.6 Å². The summed E-state index contributed by atoms with van der Waals surface area (Å²) in [5, 5.41) is 0.639. The lowest BCUT2D eigenvalue weighted by atomic mass is 10.2. The Bertz CT molecular complexity index is 630. The SMILES string of the molecule is O=S(=O)(c1ccc(Cl)c(Cl)c1)N1CCC(N2CCCC2)C1. The zero-order valence-electron chi connectivity index (χ0n) is 11.6. The Balaban J connectivity index is 1.77. The summed E-state index contributed by atoms with van der Waals surface area (Å²) in [6.07, 6.45) is 3.34. The van der Waals surface area contributed by atoms with Crippen LogP contribution in [0.25, 0.3) is 0 Å². The fourth-order valence-corrected chi connectivity index (χ4v) is 5.00. The van der Waals surface area contributed by atoms with Crippen molar-refractivity contribution in [2.45, 2.75) is 30.2 Å². The molecule has 2 heterocycles. The van der Waals surface area contributed by atoms with Gasteiger partial charge in [0.1, 0.15) is 0 Å². The van der Waals surface area contributed by atoms with Crippen molar-refractivity contribution in [3.05, 3.63) is 28.2 Å². The fraction of sp³-hybridized carbons (Fsp3) is 0.571. The third-order valence-electron chi connectivity index (χ3n) is 4.31. The lowest BCUT2D eigenvalue weighted by molar-refractivity contribution is 0.251. The first-order chi connectivity index (χ1) is 9.98. The molecule has 0 spiro atoms. The molecule has 3 rings (SSSR count). The van der Waals surface area contributed by atoms with Gasteiger partial charge in [-0.3, -0.25) is 4.90 Å². The summed E-state index contributed by atoms with van der Waals surface area (Å²) in [5.41, 5.74) is 0. The number of nitrogens with zero attached hydrogens (tertiary/aromatic N) is 2. The molecule has 2 fully saturated rings. The van der Waals surface area contributed by atoms with Crippen molar-refractivity contribution in [3.8, 4) is 0 Å². The smallest absolute Gasteiger partial charge is 0.243 e. The Morgan fingerprint density at radius 3 is 2.43 bits per heavy atom. The van der Waals surface area contributed by atoms with Crippen LogP contribution in [0.15, 0.2) is 23.1 Å². The molecule has 2 aliphatic rings. The zero-order chi connectivity index (χ0) is 15.0. The molecule has 1 aromatic carbocycles. The molecule has 116 valence electrons. The first kappa shape index (κ1) is 15.6. The average molecular weight is 349 g/mol. The van der Waals surface area contributed by atoms with Crippen LogP contribution in [-0.4, -0.2) is 49.8 Å². The van der Waals surface area contributed by atoms with E-state index in [4.69, 9.17) is 23.2 Å². The van der Waals surface area contributed by atoms with E-state index in [2.05, 4.69) is 4.90 Å². The molecule has 0 amide bonds. The minimum atomic E-state index is -3.48. The quantitative estimate of drug-likeness (QED) is 0.843. The Hall–Kier alpha value is -0.330. The summed E-state index contributed by atoms with van der Waals surface area (Å²) in [6.45, 7) is 3.32. The molecule has 1 aromatic rings. The van der Waals surface area contributed by atoms with Gasteiger partial charge in [0.25, 0.3) is 0 Å². The number of halogens is 2. The second-order valence-electron chi connectivity index (χ2n) is 5.62. The van der Waals surface area contributed by atoms with E-state index in [0.29, 0.717) is 24.2 Å². The van der Waals surface area contributed by atoms with Crippen LogP contribution in [0.1, 0.15) is 19.3 Å². The van der Waals surface area contributed by atoms with Crippen LogP contribution >= 0.6 is 23.2 Å². The van der Waals surface area contributed by atoms with Gasteiger partial charge in [-0.25, -0.2) is 8.42 Å². The maximum absolute atomic E-state index is 12.7. The van der Waals surface area contributed by atoms with Crippen molar-refractivity contribution in [3.63, 3.8) is 0 Å². The Kier molecular flexibility index (Phi) is 4.48. The van der Waals surface area contributed by atoms with E-state index in [1.807, 2.05) is 0 Å². The van der Waals surface area contributed by atoms with Crippen molar-refractivity contribution < 1.29 is 8.42 Å². The van der Waals surface area contributed by atoms with Gasteiger partial charge in [0.05, 0.1) is 14.9 Å². The van der Waals surface area contributed by atoms with Gasteiger partial charge in [0.2, 0.25) is 10.0 Å². The minimum Gasteiger partial charge on any atom is -0.299 e. The minimum absolute atomic E-state index is 0.221. The molecule has 0 N–H and O–H groups in total. The molecule has 0 saturated carbocycles. The molecular formula is C14H18Cl2N2O2S. The first-order valence-corrected chi connectivity index (χ1v) is 9.37. The van der Waals surface area contributed by atoms with Crippen LogP contribution in [-0.2, 0) is 10.0 Å². The van der Waals surface area contributed by atoms with E-state index in [1.54, 1.807) is 4.31 Å². The van der Waals surface area contributed by atoms with Crippen LogP contribution in [0.5, 0.6) is 0 Å². The van der Waals surface area contributed by atoms with Gasteiger partial charge in [-0.15, -0.1) is 0 Å². The van der Waals surface area contributed by atoms with Gasteiger partial charge in [0, 0.05) is 19.1 Å². The van der Waals surface area contributed by atoms with Gasteiger partial charge in [-0.05, 0) is 50.6 Å². The molecule has 0 radical (unpaired) electrons. The molecule has 0 bridgehead atoms. The van der Waals surface area contributed by atoms with Gasteiger partial charge in [0.15, 0.2) is 0 Å². The molecule has 1 unspecified atom stereocenters. The summed E-state index contributed by atoms with van der Waals surface area (Å²) < 4.78 is 26.9. The lowest BCUT2D eigenvalue weighted by Crippen LogP contribution is -2.37. The predicted octanol–water partition coefficient (Wildman–Crippen LogP) is 2.85. The van der Waals surface area contributed by atoms with Crippen molar-refractivity contribution in [2.75, 3.05) is 26.2 Å². The summed E-state index contributed by atoms with van der Waals surface area (Å²) in [7, 11) is -3.48. The van der Waals surface area contributed by atoms with Crippen LogP contribution in [0, 0.1) is 0 Å². The predicted molar refractivity (Wildman–Crippen MR) is 84.4 cm³/mol. The van der Waals surface area contributed by atoms with Gasteiger partial charge in [-0.1, -0.05) is 23.2 Å². The van der Waals surface area contributed by atoms with E-state index in [-0.39, 0.29) is 9.92 Å². The Morgan fingerprint density at radius 1 is 1.05 bits per heavy atom. The zero-order valence-corrected chi connectivity index (χ0v) is 14.0. The van der Waals surface area contributed by atoms with E-state index in [9.17, 15) is 8.42 Å². The number of rotatable bonds is 3.